The van der Waals surface area contributed by atoms with Gasteiger partial charge in [0.25, 0.3) is 10.0 Å². The second kappa shape index (κ2) is 6.02. The van der Waals surface area contributed by atoms with Gasteiger partial charge in [-0.15, -0.1) is 9.19 Å². The molecule has 0 radical (unpaired) electrons. The fourth-order valence-electron chi connectivity index (χ4n) is 1.85. The molecule has 0 bridgehead atoms. The first-order valence-electron chi connectivity index (χ1n) is 6.50. The van der Waals surface area contributed by atoms with Crippen molar-refractivity contribution in [3.63, 3.8) is 0 Å². The van der Waals surface area contributed by atoms with Gasteiger partial charge in [-0.3, -0.25) is 0 Å². The van der Waals surface area contributed by atoms with Crippen LogP contribution in [0.2, 0.25) is 5.02 Å². The summed E-state index contributed by atoms with van der Waals surface area (Å²) in [6.45, 7) is 0. The molecule has 1 aromatic carbocycles. The third-order valence-electron chi connectivity index (χ3n) is 2.94. The van der Waals surface area contributed by atoms with Gasteiger partial charge in [0.05, 0.1) is 11.2 Å². The number of esters is 1. The van der Waals surface area contributed by atoms with E-state index in [9.17, 15) is 13.2 Å². The number of benzene rings is 1. The predicted molar refractivity (Wildman–Crippen MR) is 84.3 cm³/mol. The zero-order valence-electron chi connectivity index (χ0n) is 11.9. The molecular weight excluding hydrogens is 358 g/mol. The van der Waals surface area contributed by atoms with Crippen LogP contribution < -0.4 is 10.5 Å². The number of rotatable bonds is 4. The first kappa shape index (κ1) is 16.1. The van der Waals surface area contributed by atoms with E-state index in [1.165, 1.54) is 42.7 Å². The number of carbonyl (C=O) groups is 1. The summed E-state index contributed by atoms with van der Waals surface area (Å²) in [5.74, 6) is -1.36. The minimum atomic E-state index is -4.05. The van der Waals surface area contributed by atoms with E-state index < -0.39 is 16.0 Å². The molecule has 24 heavy (non-hydrogen) atoms. The number of nitrogens with zero attached hydrogens (tertiary/aromatic N) is 2. The van der Waals surface area contributed by atoms with Crippen molar-refractivity contribution in [1.29, 1.82) is 0 Å². The quantitative estimate of drug-likeness (QED) is 0.702. The summed E-state index contributed by atoms with van der Waals surface area (Å²) in [7, 11) is -4.05. The summed E-state index contributed by atoms with van der Waals surface area (Å²) in [4.78, 5) is 11.7. The van der Waals surface area contributed by atoms with Gasteiger partial charge in [-0.05, 0) is 36.4 Å². The highest BCUT2D eigenvalue weighted by molar-refractivity contribution is 7.90. The van der Waals surface area contributed by atoms with E-state index in [4.69, 9.17) is 26.5 Å². The fourth-order valence-corrected chi connectivity index (χ4v) is 3.17. The number of halogens is 1. The molecule has 0 spiro atoms. The third-order valence-corrected chi connectivity index (χ3v) is 4.81. The number of aromatic nitrogens is 2. The van der Waals surface area contributed by atoms with Gasteiger partial charge in [0.1, 0.15) is 5.82 Å². The van der Waals surface area contributed by atoms with Crippen molar-refractivity contribution in [2.75, 3.05) is 5.73 Å². The largest absolute Gasteiger partial charge is 0.457 e. The Morgan fingerprint density at radius 1 is 1.25 bits per heavy atom. The summed E-state index contributed by atoms with van der Waals surface area (Å²) < 4.78 is 35.4. The maximum atomic E-state index is 12.5. The molecule has 0 atom stereocenters. The molecule has 0 fully saturated rings. The van der Waals surface area contributed by atoms with E-state index in [2.05, 4.69) is 5.10 Å². The van der Waals surface area contributed by atoms with E-state index in [0.29, 0.717) is 9.11 Å². The Morgan fingerprint density at radius 3 is 2.58 bits per heavy atom. The average molecular weight is 368 g/mol. The van der Waals surface area contributed by atoms with Gasteiger partial charge in [-0.25, -0.2) is 4.79 Å². The Hall–Kier alpha value is -2.78. The van der Waals surface area contributed by atoms with Gasteiger partial charge in [-0.2, -0.15) is 8.42 Å². The van der Waals surface area contributed by atoms with Crippen LogP contribution in [0.15, 0.2) is 58.0 Å². The van der Waals surface area contributed by atoms with Crippen LogP contribution in [0.1, 0.15) is 10.6 Å². The highest BCUT2D eigenvalue weighted by Crippen LogP contribution is 2.22. The van der Waals surface area contributed by atoms with Gasteiger partial charge >= 0.3 is 5.97 Å². The molecule has 10 heteroatoms. The predicted octanol–water partition coefficient (Wildman–Crippen LogP) is 2.17. The SMILES string of the molecule is Nc1cc(OC(=O)c2ccco2)nn1S(=O)(=O)c1ccc(Cl)cc1. The van der Waals surface area contributed by atoms with Crippen molar-refractivity contribution < 1.29 is 22.4 Å². The lowest BCUT2D eigenvalue weighted by Gasteiger charge is -2.05. The molecule has 8 nitrogen and oxygen atoms in total. The normalized spacial score (nSPS) is 11.4. The first-order valence-corrected chi connectivity index (χ1v) is 8.32. The maximum Gasteiger partial charge on any atom is 0.380 e. The molecule has 0 aliphatic carbocycles. The van der Waals surface area contributed by atoms with Crippen LogP contribution >= 0.6 is 11.6 Å². The number of hydrogen-bond donors (Lipinski definition) is 1. The molecule has 0 saturated carbocycles. The van der Waals surface area contributed by atoms with E-state index in [1.54, 1.807) is 0 Å². The van der Waals surface area contributed by atoms with E-state index >= 15 is 0 Å². The number of nitrogen functional groups attached to an aromatic ring is 1. The van der Waals surface area contributed by atoms with Crippen LogP contribution in [-0.4, -0.2) is 23.6 Å². The minimum absolute atomic E-state index is 0.0521. The molecule has 0 unspecified atom stereocenters. The summed E-state index contributed by atoms with van der Waals surface area (Å²) >= 11 is 5.74. The fraction of sp³-hybridized carbons (Fsp3) is 0. The second-order valence-electron chi connectivity index (χ2n) is 4.58. The van der Waals surface area contributed by atoms with Gasteiger partial charge in [0, 0.05) is 11.1 Å². The molecule has 2 N–H and O–H groups in total. The summed E-state index contributed by atoms with van der Waals surface area (Å²) in [5.41, 5.74) is 5.67. The van der Waals surface area contributed by atoms with Crippen molar-refractivity contribution in [3.05, 3.63) is 59.5 Å². The van der Waals surface area contributed by atoms with E-state index in [1.807, 2.05) is 0 Å². The molecule has 0 saturated heterocycles. The monoisotopic (exact) mass is 367 g/mol. The standard InChI is InChI=1S/C14H10ClN3O5S/c15-9-3-5-10(6-4-9)24(20,21)18-12(16)8-13(17-18)23-14(19)11-2-1-7-22-11/h1-8H,16H2. The zero-order chi connectivity index (χ0) is 17.3. The maximum absolute atomic E-state index is 12.5. The molecule has 3 rings (SSSR count). The number of hydrogen-bond acceptors (Lipinski definition) is 7. The highest BCUT2D eigenvalue weighted by atomic mass is 35.5. The smallest absolute Gasteiger partial charge is 0.380 e. The number of furan rings is 1. The molecule has 3 aromatic rings. The van der Waals surface area contributed by atoms with Gasteiger partial charge in [-0.1, -0.05) is 11.6 Å². The molecule has 124 valence electrons. The van der Waals surface area contributed by atoms with E-state index in [-0.39, 0.29) is 22.4 Å². The van der Waals surface area contributed by atoms with Crippen LogP contribution in [0.25, 0.3) is 0 Å². The lowest BCUT2D eigenvalue weighted by Crippen LogP contribution is -2.17. The molecule has 0 amide bonds. The Morgan fingerprint density at radius 2 is 1.96 bits per heavy atom. The average Bonchev–Trinajstić information content (AvgIpc) is 3.17. The van der Waals surface area contributed by atoms with Crippen LogP contribution in [0.3, 0.4) is 0 Å². The Labute approximate surface area is 141 Å². The summed E-state index contributed by atoms with van der Waals surface area (Å²) in [6.07, 6.45) is 1.30. The van der Waals surface area contributed by atoms with Crippen LogP contribution in [-0.2, 0) is 10.0 Å². The Bertz CT molecular complexity index is 978. The van der Waals surface area contributed by atoms with Gasteiger partial charge in [0.15, 0.2) is 0 Å². The zero-order valence-corrected chi connectivity index (χ0v) is 13.5. The lowest BCUT2D eigenvalue weighted by molar-refractivity contribution is 0.0693. The topological polar surface area (TPSA) is 117 Å². The van der Waals surface area contributed by atoms with Crippen LogP contribution in [0.5, 0.6) is 5.88 Å². The van der Waals surface area contributed by atoms with Crippen molar-refractivity contribution in [3.8, 4) is 5.88 Å². The molecule has 0 aliphatic heterocycles. The first-order chi connectivity index (χ1) is 11.4. The number of nitrogens with two attached hydrogens (primary N) is 1. The lowest BCUT2D eigenvalue weighted by atomic mass is 10.4. The van der Waals surface area contributed by atoms with E-state index in [0.717, 1.165) is 6.07 Å². The minimum Gasteiger partial charge on any atom is -0.457 e. The Balaban J connectivity index is 1.91. The second-order valence-corrected chi connectivity index (χ2v) is 6.78. The molecule has 2 aromatic heterocycles. The summed E-state index contributed by atoms with van der Waals surface area (Å²) in [6, 6.07) is 9.49. The van der Waals surface area contributed by atoms with Crippen molar-refractivity contribution in [2.24, 2.45) is 0 Å². The molecule has 2 heterocycles. The Kier molecular flexibility index (Phi) is 4.04. The third kappa shape index (κ3) is 2.99. The van der Waals surface area contributed by atoms with Crippen LogP contribution in [0, 0.1) is 0 Å². The van der Waals surface area contributed by atoms with Gasteiger partial charge in [0.2, 0.25) is 11.6 Å². The number of anilines is 1. The van der Waals surface area contributed by atoms with Crippen LogP contribution in [0.4, 0.5) is 5.82 Å². The van der Waals surface area contributed by atoms with Crippen molar-refractivity contribution >= 4 is 33.4 Å². The molecule has 0 aliphatic rings. The van der Waals surface area contributed by atoms with Crippen molar-refractivity contribution in [2.45, 2.75) is 4.90 Å². The molecular formula is C14H10ClN3O5S. The number of ether oxygens (including phenoxy) is 1. The van der Waals surface area contributed by atoms with Crippen molar-refractivity contribution in [1.82, 2.24) is 9.19 Å². The summed E-state index contributed by atoms with van der Waals surface area (Å²) in [5, 5.41) is 4.10. The van der Waals surface area contributed by atoms with Gasteiger partial charge < -0.3 is 14.9 Å². The number of carbonyl (C=O) groups excluding carboxylic acids is 1. The highest BCUT2D eigenvalue weighted by Gasteiger charge is 2.23.